The van der Waals surface area contributed by atoms with Crippen molar-refractivity contribution in [3.63, 3.8) is 0 Å². The molecule has 3 nitrogen and oxygen atoms in total. The summed E-state index contributed by atoms with van der Waals surface area (Å²) in [5.41, 5.74) is 4.85. The Balaban J connectivity index is 2.50. The van der Waals surface area contributed by atoms with E-state index in [1.165, 1.54) is 0 Å². The van der Waals surface area contributed by atoms with Gasteiger partial charge in [0.25, 0.3) is 5.92 Å². The van der Waals surface area contributed by atoms with Crippen molar-refractivity contribution in [3.8, 4) is 0 Å². The van der Waals surface area contributed by atoms with Gasteiger partial charge < -0.3 is 5.73 Å². The fraction of sp³-hybridized carbons (Fsp3) is 1.00. The van der Waals surface area contributed by atoms with Crippen LogP contribution in [0, 0.1) is 5.92 Å². The molecular formula is C7H13F2NO2S. The molecule has 0 aromatic carbocycles. The van der Waals surface area contributed by atoms with Crippen molar-refractivity contribution < 1.29 is 17.2 Å². The predicted octanol–water partition coefficient (Wildman–Crippen LogP) is 0.405. The van der Waals surface area contributed by atoms with Gasteiger partial charge in [-0.1, -0.05) is 0 Å². The number of halogens is 2. The summed E-state index contributed by atoms with van der Waals surface area (Å²) in [6, 6.07) is 0. The largest absolute Gasteiger partial charge is 0.325 e. The van der Waals surface area contributed by atoms with Gasteiger partial charge in [-0.2, -0.15) is 0 Å². The summed E-state index contributed by atoms with van der Waals surface area (Å²) < 4.78 is 47.4. The Morgan fingerprint density at radius 3 is 2.46 bits per heavy atom. The van der Waals surface area contributed by atoms with Gasteiger partial charge >= 0.3 is 0 Å². The van der Waals surface area contributed by atoms with E-state index in [0.717, 1.165) is 0 Å². The quantitative estimate of drug-likeness (QED) is 0.738. The maximum atomic E-state index is 12.7. The van der Waals surface area contributed by atoms with Crippen molar-refractivity contribution in [1.82, 2.24) is 0 Å². The molecule has 6 heteroatoms. The van der Waals surface area contributed by atoms with Gasteiger partial charge in [-0.15, -0.1) is 0 Å². The molecule has 1 aliphatic rings. The molecule has 0 saturated carbocycles. The van der Waals surface area contributed by atoms with E-state index in [0.29, 0.717) is 6.42 Å². The molecule has 13 heavy (non-hydrogen) atoms. The van der Waals surface area contributed by atoms with Crippen molar-refractivity contribution in [3.05, 3.63) is 0 Å². The van der Waals surface area contributed by atoms with Gasteiger partial charge in [-0.25, -0.2) is 17.2 Å². The fourth-order valence-corrected chi connectivity index (χ4v) is 3.40. The number of nitrogens with two attached hydrogens (primary N) is 1. The lowest BCUT2D eigenvalue weighted by Crippen LogP contribution is -2.30. The van der Waals surface area contributed by atoms with Crippen LogP contribution < -0.4 is 5.73 Å². The Hall–Kier alpha value is -0.230. The van der Waals surface area contributed by atoms with Crippen LogP contribution in [0.25, 0.3) is 0 Å². The minimum atomic E-state index is -3.05. The van der Waals surface area contributed by atoms with Crippen LogP contribution in [-0.4, -0.2) is 32.4 Å². The molecule has 0 amide bonds. The summed E-state index contributed by atoms with van der Waals surface area (Å²) in [6.07, 6.45) is -0.0549. The highest BCUT2D eigenvalue weighted by molar-refractivity contribution is 7.91. The molecule has 0 aromatic rings. The predicted molar refractivity (Wildman–Crippen MR) is 45.4 cm³/mol. The van der Waals surface area contributed by atoms with Gasteiger partial charge in [0.2, 0.25) is 0 Å². The molecule has 0 radical (unpaired) electrons. The van der Waals surface area contributed by atoms with Crippen molar-refractivity contribution in [2.24, 2.45) is 11.7 Å². The van der Waals surface area contributed by atoms with Gasteiger partial charge in [-0.05, 0) is 12.3 Å². The zero-order valence-corrected chi connectivity index (χ0v) is 7.99. The first-order chi connectivity index (χ1) is 5.85. The Labute approximate surface area is 76.2 Å². The highest BCUT2D eigenvalue weighted by Crippen LogP contribution is 2.29. The van der Waals surface area contributed by atoms with Gasteiger partial charge in [0, 0.05) is 6.42 Å². The van der Waals surface area contributed by atoms with Crippen LogP contribution in [-0.2, 0) is 9.84 Å². The van der Waals surface area contributed by atoms with Gasteiger partial charge in [0.1, 0.15) is 0 Å². The molecule has 1 rings (SSSR count). The van der Waals surface area contributed by atoms with Crippen LogP contribution in [0.2, 0.25) is 0 Å². The second-order valence-electron chi connectivity index (χ2n) is 3.53. The Bertz CT molecular complexity index is 276. The fourth-order valence-electron chi connectivity index (χ4n) is 1.54. The van der Waals surface area contributed by atoms with Crippen LogP contribution in [0.4, 0.5) is 8.78 Å². The maximum absolute atomic E-state index is 12.7. The minimum Gasteiger partial charge on any atom is -0.325 e. The van der Waals surface area contributed by atoms with E-state index in [9.17, 15) is 17.2 Å². The molecule has 1 atom stereocenters. The zero-order valence-electron chi connectivity index (χ0n) is 7.17. The standard InChI is InChI=1S/C7H13F2NO2S/c8-7(9,5-10)3-6-1-2-13(11,12)4-6/h6H,1-5,10H2. The summed E-state index contributed by atoms with van der Waals surface area (Å²) in [4.78, 5) is 0. The van der Waals surface area contributed by atoms with Crippen LogP contribution in [0.5, 0.6) is 0 Å². The number of hydrogen-bond donors (Lipinski definition) is 1. The highest BCUT2D eigenvalue weighted by Gasteiger charge is 2.36. The molecular weight excluding hydrogens is 200 g/mol. The molecule has 2 N–H and O–H groups in total. The van der Waals surface area contributed by atoms with Crippen molar-refractivity contribution in [1.29, 1.82) is 0 Å². The normalized spacial score (nSPS) is 27.8. The van der Waals surface area contributed by atoms with Gasteiger partial charge in [0.05, 0.1) is 18.1 Å². The molecule has 78 valence electrons. The smallest absolute Gasteiger partial charge is 0.260 e. The summed E-state index contributed by atoms with van der Waals surface area (Å²) >= 11 is 0. The first-order valence-corrected chi connectivity index (χ1v) is 5.95. The number of sulfone groups is 1. The molecule has 0 aromatic heterocycles. The molecule has 0 spiro atoms. The molecule has 0 bridgehead atoms. The first kappa shape index (κ1) is 10.8. The first-order valence-electron chi connectivity index (χ1n) is 4.13. The summed E-state index contributed by atoms with van der Waals surface area (Å²) in [7, 11) is -3.05. The minimum absolute atomic E-state index is 0.0400. The Morgan fingerprint density at radius 2 is 2.08 bits per heavy atom. The monoisotopic (exact) mass is 213 g/mol. The van der Waals surface area contributed by atoms with Crippen LogP contribution in [0.1, 0.15) is 12.8 Å². The van der Waals surface area contributed by atoms with E-state index >= 15 is 0 Å². The molecule has 1 aliphatic heterocycles. The second kappa shape index (κ2) is 3.49. The van der Waals surface area contributed by atoms with Crippen LogP contribution in [0.3, 0.4) is 0 Å². The van der Waals surface area contributed by atoms with E-state index in [1.807, 2.05) is 0 Å². The zero-order chi connectivity index (χ0) is 10.1. The number of alkyl halides is 2. The SMILES string of the molecule is NCC(F)(F)CC1CCS(=O)(=O)C1. The van der Waals surface area contributed by atoms with E-state index in [4.69, 9.17) is 5.73 Å². The summed E-state index contributed by atoms with van der Waals surface area (Å²) in [5, 5.41) is 0. The van der Waals surface area contributed by atoms with Crippen molar-refractivity contribution in [2.45, 2.75) is 18.8 Å². The van der Waals surface area contributed by atoms with E-state index < -0.39 is 34.6 Å². The third kappa shape index (κ3) is 3.19. The second-order valence-corrected chi connectivity index (χ2v) is 5.76. The van der Waals surface area contributed by atoms with Crippen LogP contribution >= 0.6 is 0 Å². The van der Waals surface area contributed by atoms with Crippen LogP contribution in [0.15, 0.2) is 0 Å². The third-order valence-electron chi connectivity index (χ3n) is 2.21. The number of rotatable bonds is 3. The number of hydrogen-bond acceptors (Lipinski definition) is 3. The maximum Gasteiger partial charge on any atom is 0.260 e. The van der Waals surface area contributed by atoms with E-state index in [1.54, 1.807) is 0 Å². The lowest BCUT2D eigenvalue weighted by Gasteiger charge is -2.16. The van der Waals surface area contributed by atoms with E-state index in [-0.39, 0.29) is 11.5 Å². The molecule has 0 aliphatic carbocycles. The average Bonchev–Trinajstić information content (AvgIpc) is 2.29. The van der Waals surface area contributed by atoms with E-state index in [2.05, 4.69) is 0 Å². The highest BCUT2D eigenvalue weighted by atomic mass is 32.2. The molecule has 1 unspecified atom stereocenters. The van der Waals surface area contributed by atoms with Gasteiger partial charge in [-0.3, -0.25) is 0 Å². The Kier molecular flexibility index (Phi) is 2.91. The lowest BCUT2D eigenvalue weighted by molar-refractivity contribution is -0.0106. The molecule has 1 heterocycles. The topological polar surface area (TPSA) is 60.2 Å². The average molecular weight is 213 g/mol. The lowest BCUT2D eigenvalue weighted by atomic mass is 10.0. The molecule has 1 fully saturated rings. The van der Waals surface area contributed by atoms with Crippen molar-refractivity contribution >= 4 is 9.84 Å². The third-order valence-corrected chi connectivity index (χ3v) is 4.05. The summed E-state index contributed by atoms with van der Waals surface area (Å²) in [5.74, 6) is -3.39. The molecule has 1 saturated heterocycles. The van der Waals surface area contributed by atoms with Crippen molar-refractivity contribution in [2.75, 3.05) is 18.1 Å². The Morgan fingerprint density at radius 1 is 1.46 bits per heavy atom. The summed E-state index contributed by atoms with van der Waals surface area (Å²) in [6.45, 7) is -0.705. The van der Waals surface area contributed by atoms with Gasteiger partial charge in [0.15, 0.2) is 9.84 Å².